The number of rotatable bonds is 1. The Hall–Kier alpha value is -2.48. The first-order valence-corrected chi connectivity index (χ1v) is 10.8. The lowest BCUT2D eigenvalue weighted by Gasteiger charge is -2.36. The summed E-state index contributed by atoms with van der Waals surface area (Å²) in [5.74, 6) is -3.49. The van der Waals surface area contributed by atoms with E-state index in [0.29, 0.717) is 29.2 Å². The maximum absolute atomic E-state index is 14.3. The molecule has 4 atom stereocenters. The second kappa shape index (κ2) is 6.28. The Morgan fingerprint density at radius 2 is 1.87 bits per heavy atom. The van der Waals surface area contributed by atoms with Crippen molar-refractivity contribution in [3.63, 3.8) is 0 Å². The minimum Gasteiger partial charge on any atom is -0.324 e. The smallest absolute Gasteiger partial charge is 0.250 e. The minimum atomic E-state index is -1.42. The molecule has 4 aliphatic heterocycles. The molecule has 0 aromatic heterocycles. The van der Waals surface area contributed by atoms with Crippen LogP contribution in [-0.4, -0.2) is 35.2 Å². The van der Waals surface area contributed by atoms with Gasteiger partial charge in [0, 0.05) is 22.3 Å². The second-order valence-corrected chi connectivity index (χ2v) is 9.27. The van der Waals surface area contributed by atoms with Gasteiger partial charge in [-0.25, -0.2) is 9.29 Å². The van der Waals surface area contributed by atoms with Crippen LogP contribution in [0.4, 0.5) is 15.8 Å². The van der Waals surface area contributed by atoms with Crippen LogP contribution in [0.5, 0.6) is 0 Å². The van der Waals surface area contributed by atoms with Gasteiger partial charge in [0.1, 0.15) is 11.4 Å². The van der Waals surface area contributed by atoms with Crippen LogP contribution in [0.25, 0.3) is 0 Å². The molecule has 6 nitrogen and oxygen atoms in total. The van der Waals surface area contributed by atoms with Crippen molar-refractivity contribution < 1.29 is 18.8 Å². The summed E-state index contributed by atoms with van der Waals surface area (Å²) in [4.78, 5) is 43.9. The number of nitrogens with one attached hydrogen (secondary N) is 1. The van der Waals surface area contributed by atoms with Gasteiger partial charge in [-0.05, 0) is 55.8 Å². The van der Waals surface area contributed by atoms with Crippen molar-refractivity contribution in [1.29, 1.82) is 0 Å². The topological polar surface area (TPSA) is 69.7 Å². The summed E-state index contributed by atoms with van der Waals surface area (Å²) in [6.07, 6.45) is 1.46. The number of anilines is 2. The molecule has 4 unspecified atom stereocenters. The number of carbonyl (C=O) groups is 3. The van der Waals surface area contributed by atoms with Gasteiger partial charge in [0.05, 0.1) is 22.5 Å². The number of amides is 3. The predicted molar refractivity (Wildman–Crippen MR) is 112 cm³/mol. The van der Waals surface area contributed by atoms with Crippen molar-refractivity contribution in [3.8, 4) is 0 Å². The van der Waals surface area contributed by atoms with Crippen molar-refractivity contribution in [2.45, 2.75) is 24.4 Å². The summed E-state index contributed by atoms with van der Waals surface area (Å²) < 4.78 is 14.3. The molecule has 6 rings (SSSR count). The normalized spacial score (nSPS) is 31.4. The molecule has 2 aromatic rings. The third-order valence-electron chi connectivity index (χ3n) is 7.10. The third kappa shape index (κ3) is 2.24. The quantitative estimate of drug-likeness (QED) is 0.661. The van der Waals surface area contributed by atoms with Gasteiger partial charge < -0.3 is 5.32 Å². The summed E-state index contributed by atoms with van der Waals surface area (Å²) in [6, 6.07) is 8.36. The molecule has 0 saturated carbocycles. The molecule has 3 fully saturated rings. The summed E-state index contributed by atoms with van der Waals surface area (Å²) in [5, 5.41) is 3.36. The predicted octanol–water partition coefficient (Wildman–Crippen LogP) is 3.56. The van der Waals surface area contributed by atoms with E-state index in [1.807, 2.05) is 4.90 Å². The van der Waals surface area contributed by atoms with Gasteiger partial charge in [-0.2, -0.15) is 0 Å². The Kier molecular flexibility index (Phi) is 3.89. The summed E-state index contributed by atoms with van der Waals surface area (Å²) in [7, 11) is 0. The molecule has 1 spiro atoms. The van der Waals surface area contributed by atoms with E-state index < -0.39 is 40.9 Å². The summed E-state index contributed by atoms with van der Waals surface area (Å²) in [6.45, 7) is 0.555. The summed E-state index contributed by atoms with van der Waals surface area (Å²) >= 11 is 12.4. The van der Waals surface area contributed by atoms with E-state index in [0.717, 1.165) is 11.3 Å². The maximum Gasteiger partial charge on any atom is 0.250 e. The fourth-order valence-corrected chi connectivity index (χ4v) is 6.44. The largest absolute Gasteiger partial charge is 0.324 e. The highest BCUT2D eigenvalue weighted by Crippen LogP contribution is 2.61. The highest BCUT2D eigenvalue weighted by Gasteiger charge is 2.74. The van der Waals surface area contributed by atoms with Gasteiger partial charge >= 0.3 is 0 Å². The highest BCUT2D eigenvalue weighted by molar-refractivity contribution is 6.38. The highest BCUT2D eigenvalue weighted by atomic mass is 35.5. The van der Waals surface area contributed by atoms with Crippen LogP contribution in [0.15, 0.2) is 36.4 Å². The van der Waals surface area contributed by atoms with Crippen molar-refractivity contribution in [3.05, 3.63) is 57.8 Å². The molecule has 31 heavy (non-hydrogen) atoms. The van der Waals surface area contributed by atoms with Crippen LogP contribution >= 0.6 is 23.2 Å². The van der Waals surface area contributed by atoms with E-state index in [9.17, 15) is 18.8 Å². The fraction of sp³-hybridized carbons (Fsp3) is 0.318. The van der Waals surface area contributed by atoms with Crippen LogP contribution in [0.3, 0.4) is 0 Å². The lowest BCUT2D eigenvalue weighted by atomic mass is 9.75. The summed E-state index contributed by atoms with van der Waals surface area (Å²) in [5.41, 5.74) is -0.332. The van der Waals surface area contributed by atoms with E-state index >= 15 is 0 Å². The van der Waals surface area contributed by atoms with Gasteiger partial charge in [-0.3, -0.25) is 19.3 Å². The van der Waals surface area contributed by atoms with Crippen molar-refractivity contribution >= 4 is 52.3 Å². The molecule has 4 aliphatic rings. The average Bonchev–Trinajstić information content (AvgIpc) is 3.43. The Morgan fingerprint density at radius 1 is 1.06 bits per heavy atom. The van der Waals surface area contributed by atoms with Crippen LogP contribution < -0.4 is 10.2 Å². The number of fused-ring (bicyclic) bond motifs is 7. The number of halogens is 3. The molecule has 2 aromatic carbocycles. The molecule has 1 N–H and O–H groups in total. The van der Waals surface area contributed by atoms with E-state index in [1.54, 1.807) is 6.07 Å². The third-order valence-corrected chi connectivity index (χ3v) is 7.66. The fourth-order valence-electron chi connectivity index (χ4n) is 6.07. The minimum absolute atomic E-state index is 0.205. The molecule has 9 heteroatoms. The Bertz CT molecular complexity index is 1200. The molecular formula is C22H16Cl2FN3O3. The van der Waals surface area contributed by atoms with E-state index in [4.69, 9.17) is 23.2 Å². The zero-order chi connectivity index (χ0) is 21.7. The number of nitrogens with zero attached hydrogens (tertiary/aromatic N) is 2. The van der Waals surface area contributed by atoms with E-state index in [1.165, 1.54) is 30.3 Å². The zero-order valence-electron chi connectivity index (χ0n) is 16.1. The van der Waals surface area contributed by atoms with Crippen LogP contribution in [0, 0.1) is 17.7 Å². The van der Waals surface area contributed by atoms with E-state index in [2.05, 4.69) is 5.32 Å². The molecule has 4 heterocycles. The Morgan fingerprint density at radius 3 is 2.68 bits per heavy atom. The molecule has 0 bridgehead atoms. The van der Waals surface area contributed by atoms with Gasteiger partial charge in [0.25, 0.3) is 0 Å². The number of hydrogen-bond acceptors (Lipinski definition) is 4. The first-order chi connectivity index (χ1) is 14.9. The Labute approximate surface area is 186 Å². The van der Waals surface area contributed by atoms with Gasteiger partial charge in [0.2, 0.25) is 17.7 Å². The van der Waals surface area contributed by atoms with Crippen LogP contribution in [0.2, 0.25) is 10.0 Å². The molecule has 3 amide bonds. The molecule has 0 aliphatic carbocycles. The SMILES string of the molecule is O=C1C2C3CCCN3C3(C(=O)Nc4ccc(F)cc43)C2C(=O)N1c1cc(Cl)ccc1Cl. The molecular weight excluding hydrogens is 444 g/mol. The molecule has 3 saturated heterocycles. The second-order valence-electron chi connectivity index (χ2n) is 8.42. The average molecular weight is 460 g/mol. The molecule has 0 radical (unpaired) electrons. The van der Waals surface area contributed by atoms with Crippen molar-refractivity contribution in [2.75, 3.05) is 16.8 Å². The van der Waals surface area contributed by atoms with Gasteiger partial charge in [-0.15, -0.1) is 0 Å². The first kappa shape index (κ1) is 19.2. The first-order valence-electron chi connectivity index (χ1n) is 10.1. The molecule has 158 valence electrons. The number of imide groups is 1. The zero-order valence-corrected chi connectivity index (χ0v) is 17.6. The van der Waals surface area contributed by atoms with Crippen LogP contribution in [-0.2, 0) is 19.9 Å². The number of hydrogen-bond donors (Lipinski definition) is 1. The standard InChI is InChI=1S/C22H16Cl2FN3O3/c23-10-3-5-13(24)16(8-10)28-19(29)17-15-2-1-7-27(15)22(18(17)20(28)30)12-9-11(25)4-6-14(12)26-21(22)31/h3-6,8-9,15,17-18H,1-2,7H2,(H,26,31). The lowest BCUT2D eigenvalue weighted by Crippen LogP contribution is -2.54. The van der Waals surface area contributed by atoms with Crippen molar-refractivity contribution in [2.24, 2.45) is 11.8 Å². The van der Waals surface area contributed by atoms with E-state index in [-0.39, 0.29) is 16.8 Å². The van der Waals surface area contributed by atoms with Gasteiger partial charge in [0.15, 0.2) is 0 Å². The lowest BCUT2D eigenvalue weighted by molar-refractivity contribution is -0.135. The van der Waals surface area contributed by atoms with Gasteiger partial charge in [-0.1, -0.05) is 23.2 Å². The monoisotopic (exact) mass is 459 g/mol. The number of benzene rings is 2. The Balaban J connectivity index is 1.58. The maximum atomic E-state index is 14.3. The van der Waals surface area contributed by atoms with Crippen molar-refractivity contribution in [1.82, 2.24) is 4.90 Å². The number of carbonyl (C=O) groups excluding carboxylic acids is 3. The van der Waals surface area contributed by atoms with Crippen LogP contribution in [0.1, 0.15) is 18.4 Å².